The highest BCUT2D eigenvalue weighted by Gasteiger charge is 2.29. The number of anilines is 1. The Labute approximate surface area is 142 Å². The molecule has 1 saturated heterocycles. The Balaban J connectivity index is 1.86. The largest absolute Gasteiger partial charge is 0.367 e. The van der Waals surface area contributed by atoms with Crippen LogP contribution in [0, 0.1) is 0 Å². The number of benzene rings is 2. The van der Waals surface area contributed by atoms with Crippen molar-refractivity contribution in [2.45, 2.75) is 26.1 Å². The van der Waals surface area contributed by atoms with Gasteiger partial charge in [-0.3, -0.25) is 4.90 Å². The Morgan fingerprint density at radius 3 is 2.33 bits per heavy atom. The first-order chi connectivity index (χ1) is 11.7. The molecule has 3 nitrogen and oxygen atoms in total. The molecule has 0 aliphatic carbocycles. The summed E-state index contributed by atoms with van der Waals surface area (Å²) in [5, 5.41) is 1.25. The monoisotopic (exact) mass is 319 g/mol. The predicted octanol–water partition coefficient (Wildman–Crippen LogP) is 3.93. The topological polar surface area (TPSA) is 26.6 Å². The fraction of sp³-hybridized carbons (Fsp3) is 0.286. The lowest BCUT2D eigenvalue weighted by Crippen LogP contribution is -2.47. The van der Waals surface area contributed by atoms with E-state index in [9.17, 15) is 0 Å². The lowest BCUT2D eigenvalue weighted by molar-refractivity contribution is -0.331. The van der Waals surface area contributed by atoms with Crippen LogP contribution in [0.4, 0.5) is 5.82 Å². The van der Waals surface area contributed by atoms with Crippen LogP contribution in [0.5, 0.6) is 0 Å². The first-order valence-corrected chi connectivity index (χ1v) is 8.61. The molecule has 1 aromatic heterocycles. The second-order valence-electron chi connectivity index (χ2n) is 6.64. The molecule has 0 spiro atoms. The Morgan fingerprint density at radius 1 is 0.917 bits per heavy atom. The van der Waals surface area contributed by atoms with E-state index in [-0.39, 0.29) is 12.2 Å². The maximum absolute atomic E-state index is 5.88. The number of morpholine rings is 1. The number of aromatic nitrogens is 1. The zero-order valence-electron chi connectivity index (χ0n) is 14.2. The van der Waals surface area contributed by atoms with Crippen LogP contribution < -0.4 is 9.88 Å². The second-order valence-corrected chi connectivity index (χ2v) is 6.64. The molecule has 4 rings (SSSR count). The molecule has 3 aromatic rings. The molecule has 0 bridgehead atoms. The molecule has 1 aliphatic heterocycles. The van der Waals surface area contributed by atoms with Gasteiger partial charge in [0.15, 0.2) is 0 Å². The number of nitrogens with one attached hydrogen (secondary N) is 1. The highest BCUT2D eigenvalue weighted by atomic mass is 16.5. The first-order valence-electron chi connectivity index (χ1n) is 8.61. The van der Waals surface area contributed by atoms with Gasteiger partial charge in [0.2, 0.25) is 0 Å². The average molecular weight is 319 g/mol. The fourth-order valence-corrected chi connectivity index (χ4v) is 3.62. The number of aromatic amines is 1. The van der Waals surface area contributed by atoms with E-state index in [1.165, 1.54) is 22.0 Å². The summed E-state index contributed by atoms with van der Waals surface area (Å²) in [5.41, 5.74) is 3.69. The maximum Gasteiger partial charge on any atom is 0.275 e. The lowest BCUT2D eigenvalue weighted by atomic mass is 10.0. The molecule has 122 valence electrons. The van der Waals surface area contributed by atoms with Gasteiger partial charge in [-0.15, -0.1) is 0 Å². The smallest absolute Gasteiger partial charge is 0.275 e. The van der Waals surface area contributed by atoms with E-state index in [0.717, 1.165) is 18.9 Å². The van der Waals surface area contributed by atoms with Crippen LogP contribution in [-0.2, 0) is 4.74 Å². The molecule has 0 radical (unpaired) electrons. The minimum atomic E-state index is 0.244. The molecule has 2 atom stereocenters. The minimum Gasteiger partial charge on any atom is -0.367 e. The van der Waals surface area contributed by atoms with Gasteiger partial charge in [-0.25, -0.2) is 4.98 Å². The number of para-hydroxylation sites is 1. The molecule has 24 heavy (non-hydrogen) atoms. The van der Waals surface area contributed by atoms with Crippen molar-refractivity contribution in [2.75, 3.05) is 18.0 Å². The number of H-pyrrole nitrogens is 1. The second kappa shape index (κ2) is 6.25. The molecule has 1 aliphatic rings. The highest BCUT2D eigenvalue weighted by molar-refractivity contribution is 5.93. The number of hydrogen-bond acceptors (Lipinski definition) is 2. The quantitative estimate of drug-likeness (QED) is 0.715. The predicted molar refractivity (Wildman–Crippen MR) is 98.2 cm³/mol. The Kier molecular flexibility index (Phi) is 3.95. The van der Waals surface area contributed by atoms with E-state index < -0.39 is 0 Å². The summed E-state index contributed by atoms with van der Waals surface area (Å²) in [6.07, 6.45) is 0.489. The van der Waals surface area contributed by atoms with Gasteiger partial charge in [-0.05, 0) is 25.5 Å². The van der Waals surface area contributed by atoms with Crippen molar-refractivity contribution in [2.24, 2.45) is 0 Å². The number of pyridine rings is 1. The third-order valence-corrected chi connectivity index (χ3v) is 4.61. The molecular weight excluding hydrogens is 296 g/mol. The number of fused-ring (bicyclic) bond motifs is 1. The molecule has 3 heteroatoms. The van der Waals surface area contributed by atoms with Crippen LogP contribution in [0.2, 0.25) is 0 Å². The van der Waals surface area contributed by atoms with Crippen LogP contribution in [0.25, 0.3) is 22.0 Å². The zero-order valence-corrected chi connectivity index (χ0v) is 14.2. The summed E-state index contributed by atoms with van der Waals surface area (Å²) < 4.78 is 5.88. The SMILES string of the molecule is C[C@@H]1CN(c2cc(-c3ccccc3)c3ccccc3[nH+]2)C[C@H](C)O1. The molecule has 1 fully saturated rings. The van der Waals surface area contributed by atoms with E-state index >= 15 is 0 Å². The van der Waals surface area contributed by atoms with Crippen molar-refractivity contribution in [3.05, 3.63) is 60.7 Å². The molecule has 0 amide bonds. The van der Waals surface area contributed by atoms with Crippen LogP contribution in [0.1, 0.15) is 13.8 Å². The van der Waals surface area contributed by atoms with Crippen LogP contribution in [0.15, 0.2) is 60.7 Å². The van der Waals surface area contributed by atoms with Gasteiger partial charge in [-0.2, -0.15) is 0 Å². The Bertz CT molecular complexity index is 837. The van der Waals surface area contributed by atoms with Crippen molar-refractivity contribution in [3.63, 3.8) is 0 Å². The standard InChI is InChI=1S/C21H22N2O/c1-15-13-23(14-16(2)24-15)21-12-19(17-8-4-3-5-9-17)18-10-6-7-11-20(18)22-21/h3-12,15-16H,13-14H2,1-2H3/p+1/t15-,16+. The lowest BCUT2D eigenvalue weighted by Gasteiger charge is -2.31. The molecular formula is C21H23N2O+. The summed E-state index contributed by atoms with van der Waals surface area (Å²) in [6, 6.07) is 21.4. The van der Waals surface area contributed by atoms with E-state index in [2.05, 4.69) is 84.4 Å². The number of nitrogens with zero attached hydrogens (tertiary/aromatic N) is 1. The van der Waals surface area contributed by atoms with E-state index in [1.54, 1.807) is 0 Å². The van der Waals surface area contributed by atoms with Crippen molar-refractivity contribution in [1.82, 2.24) is 0 Å². The zero-order chi connectivity index (χ0) is 16.5. The van der Waals surface area contributed by atoms with E-state index in [4.69, 9.17) is 4.74 Å². The van der Waals surface area contributed by atoms with Gasteiger partial charge in [0.1, 0.15) is 18.6 Å². The summed E-state index contributed by atoms with van der Waals surface area (Å²) in [7, 11) is 0. The fourth-order valence-electron chi connectivity index (χ4n) is 3.62. The summed E-state index contributed by atoms with van der Waals surface area (Å²) in [6.45, 7) is 6.10. The van der Waals surface area contributed by atoms with Gasteiger partial charge in [-0.1, -0.05) is 48.5 Å². The molecule has 2 aromatic carbocycles. The Hall–Kier alpha value is -2.39. The van der Waals surface area contributed by atoms with E-state index in [0.29, 0.717) is 0 Å². The average Bonchev–Trinajstić information content (AvgIpc) is 2.61. The first kappa shape index (κ1) is 15.2. The van der Waals surface area contributed by atoms with Gasteiger partial charge in [0.25, 0.3) is 5.82 Å². The Morgan fingerprint density at radius 2 is 1.58 bits per heavy atom. The van der Waals surface area contributed by atoms with Crippen LogP contribution in [0.3, 0.4) is 0 Å². The van der Waals surface area contributed by atoms with Gasteiger partial charge >= 0.3 is 0 Å². The van der Waals surface area contributed by atoms with Crippen molar-refractivity contribution >= 4 is 16.7 Å². The van der Waals surface area contributed by atoms with Gasteiger partial charge in [0.05, 0.1) is 12.2 Å². The van der Waals surface area contributed by atoms with Gasteiger partial charge < -0.3 is 4.74 Å². The molecule has 0 saturated carbocycles. The summed E-state index contributed by atoms with van der Waals surface area (Å²) in [4.78, 5) is 6.02. The number of rotatable bonds is 2. The normalized spacial score (nSPS) is 21.2. The van der Waals surface area contributed by atoms with Crippen LogP contribution in [-0.4, -0.2) is 25.3 Å². The van der Waals surface area contributed by atoms with Crippen molar-refractivity contribution < 1.29 is 9.72 Å². The maximum atomic E-state index is 5.88. The third kappa shape index (κ3) is 2.87. The molecule has 1 N–H and O–H groups in total. The number of ether oxygens (including phenoxy) is 1. The van der Waals surface area contributed by atoms with Gasteiger partial charge in [0, 0.05) is 17.0 Å². The molecule has 2 heterocycles. The minimum absolute atomic E-state index is 0.244. The summed E-state index contributed by atoms with van der Waals surface area (Å²) in [5.74, 6) is 1.16. The number of hydrogen-bond donors (Lipinski definition) is 0. The summed E-state index contributed by atoms with van der Waals surface area (Å²) >= 11 is 0. The van der Waals surface area contributed by atoms with Crippen LogP contribution >= 0.6 is 0 Å². The van der Waals surface area contributed by atoms with Crippen molar-refractivity contribution in [1.29, 1.82) is 0 Å². The highest BCUT2D eigenvalue weighted by Crippen LogP contribution is 2.30. The molecule has 0 unspecified atom stereocenters. The van der Waals surface area contributed by atoms with Crippen molar-refractivity contribution in [3.8, 4) is 11.1 Å². The van der Waals surface area contributed by atoms with E-state index in [1.807, 2.05) is 0 Å². The third-order valence-electron chi connectivity index (χ3n) is 4.61.